The first-order valence-corrected chi connectivity index (χ1v) is 13.5. The summed E-state index contributed by atoms with van der Waals surface area (Å²) >= 11 is 0. The van der Waals surface area contributed by atoms with Crippen molar-refractivity contribution < 1.29 is 13.2 Å². The van der Waals surface area contributed by atoms with Crippen LogP contribution < -0.4 is 11.5 Å². The minimum absolute atomic E-state index is 0.0644. The number of hydrogen-bond acceptors (Lipinski definition) is 2. The Hall–Kier alpha value is -3.41. The molecule has 0 aliphatic carbocycles. The lowest BCUT2D eigenvalue weighted by Gasteiger charge is -2.34. The molecule has 204 valence electrons. The maximum Gasteiger partial charge on any atom is 0.416 e. The molecule has 0 radical (unpaired) electrons. The Morgan fingerprint density at radius 2 is 1.13 bits per heavy atom. The smallest absolute Gasteiger partial charge is 0.324 e. The van der Waals surface area contributed by atoms with Crippen LogP contribution in [-0.2, 0) is 6.18 Å². The maximum absolute atomic E-state index is 13.4. The van der Waals surface area contributed by atoms with Gasteiger partial charge >= 0.3 is 6.18 Å². The molecule has 0 fully saturated rings. The summed E-state index contributed by atoms with van der Waals surface area (Å²) in [6, 6.07) is 33.2. The Bertz CT molecular complexity index is 1300. The number of halogens is 3. The molecule has 39 heavy (non-hydrogen) atoms. The van der Waals surface area contributed by atoms with Gasteiger partial charge in [-0.1, -0.05) is 111 Å². The highest BCUT2D eigenvalue weighted by atomic mass is 19.4. The van der Waals surface area contributed by atoms with Crippen molar-refractivity contribution in [1.29, 1.82) is 0 Å². The second kappa shape index (κ2) is 12.6. The van der Waals surface area contributed by atoms with Crippen molar-refractivity contribution >= 4 is 0 Å². The van der Waals surface area contributed by atoms with E-state index in [1.165, 1.54) is 5.56 Å². The quantitative estimate of drug-likeness (QED) is 0.215. The molecule has 4 atom stereocenters. The van der Waals surface area contributed by atoms with Gasteiger partial charge in [0.2, 0.25) is 0 Å². The predicted octanol–water partition coefficient (Wildman–Crippen LogP) is 8.88. The molecule has 0 aromatic heterocycles. The second-order valence-corrected chi connectivity index (χ2v) is 10.6. The van der Waals surface area contributed by atoms with E-state index in [1.54, 1.807) is 12.1 Å². The van der Waals surface area contributed by atoms with Gasteiger partial charge in [-0.05, 0) is 64.6 Å². The third-order valence-electron chi connectivity index (χ3n) is 7.65. The maximum atomic E-state index is 13.4. The van der Waals surface area contributed by atoms with Crippen LogP contribution in [0.25, 0.3) is 0 Å². The average molecular weight is 531 g/mol. The molecule has 5 heteroatoms. The molecule has 0 saturated carbocycles. The zero-order valence-electron chi connectivity index (χ0n) is 22.5. The van der Waals surface area contributed by atoms with Gasteiger partial charge < -0.3 is 11.5 Å². The zero-order valence-corrected chi connectivity index (χ0v) is 22.5. The highest BCUT2D eigenvalue weighted by Crippen LogP contribution is 2.45. The number of alkyl halides is 3. The minimum Gasteiger partial charge on any atom is -0.324 e. The lowest BCUT2D eigenvalue weighted by Crippen LogP contribution is -2.26. The van der Waals surface area contributed by atoms with Crippen LogP contribution >= 0.6 is 0 Å². The lowest BCUT2D eigenvalue weighted by molar-refractivity contribution is -0.137. The lowest BCUT2D eigenvalue weighted by atomic mass is 9.72. The first-order valence-electron chi connectivity index (χ1n) is 13.5. The molecule has 2 nitrogen and oxygen atoms in total. The monoisotopic (exact) mass is 530 g/mol. The van der Waals surface area contributed by atoms with E-state index in [-0.39, 0.29) is 17.9 Å². The van der Waals surface area contributed by atoms with E-state index >= 15 is 0 Å². The third kappa shape index (κ3) is 7.17. The van der Waals surface area contributed by atoms with Gasteiger partial charge in [-0.2, -0.15) is 13.2 Å². The predicted molar refractivity (Wildman–Crippen MR) is 153 cm³/mol. The van der Waals surface area contributed by atoms with Crippen molar-refractivity contribution in [3.63, 3.8) is 0 Å². The Labute approximate surface area is 229 Å². The van der Waals surface area contributed by atoms with Gasteiger partial charge in [-0.25, -0.2) is 0 Å². The molecule has 4 N–H and O–H groups in total. The molecule has 4 unspecified atom stereocenters. The number of rotatable bonds is 10. The standard InChI is InChI=1S/C34H37F3N2/c1-23(2)27-14-9-15-28(22-27)30(20-21-31(38)24-10-5-3-6-11-24)32(33(39)26-12-7-4-8-13-26)25-16-18-29(19-17-25)34(35,36)37/h3-19,22-23,30-33H,20-21,38-39H2,1-2H3. The van der Waals surface area contributed by atoms with Crippen LogP contribution in [0.2, 0.25) is 0 Å². The van der Waals surface area contributed by atoms with Crippen molar-refractivity contribution in [2.24, 2.45) is 11.5 Å². The van der Waals surface area contributed by atoms with Gasteiger partial charge in [-0.3, -0.25) is 0 Å². The Morgan fingerprint density at radius 1 is 0.590 bits per heavy atom. The van der Waals surface area contributed by atoms with Crippen molar-refractivity contribution in [3.05, 3.63) is 143 Å². The van der Waals surface area contributed by atoms with Crippen LogP contribution in [-0.4, -0.2) is 0 Å². The Balaban J connectivity index is 1.80. The van der Waals surface area contributed by atoms with Gasteiger partial charge in [0.1, 0.15) is 0 Å². The molecule has 0 amide bonds. The Kier molecular flexibility index (Phi) is 9.26. The van der Waals surface area contributed by atoms with Crippen LogP contribution in [0.5, 0.6) is 0 Å². The van der Waals surface area contributed by atoms with Gasteiger partial charge in [-0.15, -0.1) is 0 Å². The highest BCUT2D eigenvalue weighted by Gasteiger charge is 2.34. The average Bonchev–Trinajstić information content (AvgIpc) is 2.95. The molecule has 0 aliphatic heterocycles. The van der Waals surface area contributed by atoms with E-state index in [0.717, 1.165) is 40.8 Å². The fourth-order valence-corrected chi connectivity index (χ4v) is 5.40. The van der Waals surface area contributed by atoms with Crippen LogP contribution in [0, 0.1) is 0 Å². The summed E-state index contributed by atoms with van der Waals surface area (Å²) in [6.45, 7) is 4.31. The van der Waals surface area contributed by atoms with Crippen molar-refractivity contribution in [3.8, 4) is 0 Å². The van der Waals surface area contributed by atoms with Crippen LogP contribution in [0.15, 0.2) is 109 Å². The van der Waals surface area contributed by atoms with Gasteiger partial charge in [0, 0.05) is 18.0 Å². The van der Waals surface area contributed by atoms with E-state index in [2.05, 4.69) is 38.1 Å². The zero-order chi connectivity index (χ0) is 28.0. The summed E-state index contributed by atoms with van der Waals surface area (Å²) in [5, 5.41) is 0. The fraction of sp³-hybridized carbons (Fsp3) is 0.294. The number of hydrogen-bond donors (Lipinski definition) is 2. The van der Waals surface area contributed by atoms with Crippen molar-refractivity contribution in [2.75, 3.05) is 0 Å². The molecule has 0 spiro atoms. The second-order valence-electron chi connectivity index (χ2n) is 10.6. The summed E-state index contributed by atoms with van der Waals surface area (Å²) in [4.78, 5) is 0. The molecule has 4 aromatic carbocycles. The van der Waals surface area contributed by atoms with E-state index < -0.39 is 17.8 Å². The first kappa shape index (κ1) is 28.6. The highest BCUT2D eigenvalue weighted by molar-refractivity contribution is 5.37. The third-order valence-corrected chi connectivity index (χ3v) is 7.65. The first-order chi connectivity index (χ1) is 18.6. The molecule has 0 aliphatic rings. The van der Waals surface area contributed by atoms with Crippen LogP contribution in [0.1, 0.15) is 89.9 Å². The van der Waals surface area contributed by atoms with E-state index in [0.29, 0.717) is 12.3 Å². The number of nitrogens with two attached hydrogens (primary N) is 2. The van der Waals surface area contributed by atoms with E-state index in [4.69, 9.17) is 11.5 Å². The van der Waals surface area contributed by atoms with Crippen LogP contribution in [0.3, 0.4) is 0 Å². The summed E-state index contributed by atoms with van der Waals surface area (Å²) in [7, 11) is 0. The normalized spacial score (nSPS) is 15.1. The largest absolute Gasteiger partial charge is 0.416 e. The summed E-state index contributed by atoms with van der Waals surface area (Å²) < 4.78 is 40.3. The van der Waals surface area contributed by atoms with Crippen molar-refractivity contribution in [2.45, 2.75) is 62.7 Å². The molecule has 0 saturated heterocycles. The van der Waals surface area contributed by atoms with E-state index in [9.17, 15) is 13.2 Å². The summed E-state index contributed by atoms with van der Waals surface area (Å²) in [5.41, 5.74) is 18.1. The summed E-state index contributed by atoms with van der Waals surface area (Å²) in [6.07, 6.45) is -2.97. The van der Waals surface area contributed by atoms with E-state index in [1.807, 2.05) is 60.7 Å². The SMILES string of the molecule is CC(C)c1cccc(C(CCC(N)c2ccccc2)C(c2ccc(C(F)(F)F)cc2)C(N)c2ccccc2)c1. The minimum atomic E-state index is -4.40. The van der Waals surface area contributed by atoms with Crippen LogP contribution in [0.4, 0.5) is 13.2 Å². The van der Waals surface area contributed by atoms with Gasteiger partial charge in [0.05, 0.1) is 5.56 Å². The molecular weight excluding hydrogens is 493 g/mol. The molecule has 4 rings (SSSR count). The fourth-order valence-electron chi connectivity index (χ4n) is 5.40. The topological polar surface area (TPSA) is 52.0 Å². The number of benzene rings is 4. The molecule has 0 heterocycles. The molecular formula is C34H37F3N2. The molecule has 0 bridgehead atoms. The van der Waals surface area contributed by atoms with Gasteiger partial charge in [0.25, 0.3) is 0 Å². The molecule has 4 aromatic rings. The van der Waals surface area contributed by atoms with Crippen molar-refractivity contribution in [1.82, 2.24) is 0 Å². The van der Waals surface area contributed by atoms with Gasteiger partial charge in [0.15, 0.2) is 0 Å². The summed E-state index contributed by atoms with van der Waals surface area (Å²) in [5.74, 6) is 0.00923. The Morgan fingerprint density at radius 3 is 1.69 bits per heavy atom.